The van der Waals surface area contributed by atoms with Gasteiger partial charge in [-0.3, -0.25) is 0 Å². The second kappa shape index (κ2) is 15.1. The van der Waals surface area contributed by atoms with Crippen molar-refractivity contribution in [3.63, 3.8) is 0 Å². The molecule has 11 aromatic rings. The molecule has 2 heteroatoms. The molecule has 0 unspecified atom stereocenters. The molecule has 0 amide bonds. The molecular formula is C61H42N2. The minimum absolute atomic E-state index is 0.628. The smallest absolute Gasteiger partial charge is 0.0715 e. The van der Waals surface area contributed by atoms with Gasteiger partial charge in [0.25, 0.3) is 0 Å². The highest BCUT2D eigenvalue weighted by atomic mass is 15.1. The van der Waals surface area contributed by atoms with Crippen molar-refractivity contribution in [3.05, 3.63) is 277 Å². The Labute approximate surface area is 368 Å². The van der Waals surface area contributed by atoms with Crippen molar-refractivity contribution in [2.24, 2.45) is 0 Å². The normalized spacial score (nSPS) is 12.6. The molecule has 10 aromatic carbocycles. The molecule has 2 nitrogen and oxygen atoms in total. The molecule has 0 saturated heterocycles. The molecule has 63 heavy (non-hydrogen) atoms. The molecule has 1 aromatic heterocycles. The first kappa shape index (κ1) is 36.6. The number of fused-ring (bicyclic) bond motifs is 5. The predicted octanol–water partition coefficient (Wildman–Crippen LogP) is 16.0. The van der Waals surface area contributed by atoms with E-state index in [4.69, 9.17) is 0 Å². The molecule has 1 aliphatic carbocycles. The maximum atomic E-state index is 2.47. The maximum absolute atomic E-state index is 2.47. The molecule has 0 radical (unpaired) electrons. The molecule has 0 bridgehead atoms. The number of benzene rings is 10. The Bertz CT molecular complexity index is 3380. The summed E-state index contributed by atoms with van der Waals surface area (Å²) in [4.78, 5) is 2.45. The summed E-state index contributed by atoms with van der Waals surface area (Å²) in [6.07, 6.45) is 0. The number of aromatic nitrogens is 1. The zero-order valence-corrected chi connectivity index (χ0v) is 34.6. The van der Waals surface area contributed by atoms with Crippen LogP contribution in [0.25, 0.3) is 60.9 Å². The summed E-state index contributed by atoms with van der Waals surface area (Å²) in [5, 5.41) is 3.62. The van der Waals surface area contributed by atoms with Crippen LogP contribution in [0.1, 0.15) is 22.3 Å². The van der Waals surface area contributed by atoms with E-state index in [1.807, 2.05) is 0 Å². The lowest BCUT2D eigenvalue weighted by molar-refractivity contribution is 0.767. The molecule has 0 spiro atoms. The van der Waals surface area contributed by atoms with Gasteiger partial charge in [0.1, 0.15) is 0 Å². The summed E-state index contributed by atoms with van der Waals surface area (Å²) in [5.74, 6) is 0. The highest BCUT2D eigenvalue weighted by Crippen LogP contribution is 2.58. The third kappa shape index (κ3) is 5.95. The number of nitrogens with zero attached hydrogens (tertiary/aromatic N) is 2. The standard InChI is InChI=1S/C61H42N2/c1-5-18-43(19-6-1)44-32-34-50(35-33-44)62(59-31-17-24-45-20-13-15-29-53(45)59)51-36-38-54-55-39-37-52(63-58-30-16-14-23-47(58)40-60(63)46-21-7-2-8-22-46)42-57(55)61(56(54)41-51,48-25-9-3-10-26-48)49-27-11-4-12-28-49/h1-42H. The van der Waals surface area contributed by atoms with Gasteiger partial charge in [0.15, 0.2) is 0 Å². The monoisotopic (exact) mass is 802 g/mol. The summed E-state index contributed by atoms with van der Waals surface area (Å²) in [7, 11) is 0. The van der Waals surface area contributed by atoms with Gasteiger partial charge in [-0.25, -0.2) is 0 Å². The Morgan fingerprint density at radius 3 is 1.57 bits per heavy atom. The molecule has 0 fully saturated rings. The summed E-state index contributed by atoms with van der Waals surface area (Å²) < 4.78 is 2.45. The molecule has 12 rings (SSSR count). The van der Waals surface area contributed by atoms with E-state index in [1.165, 1.54) is 77.4 Å². The highest BCUT2D eigenvalue weighted by Gasteiger charge is 2.47. The predicted molar refractivity (Wildman–Crippen MR) is 264 cm³/mol. The van der Waals surface area contributed by atoms with Gasteiger partial charge in [-0.15, -0.1) is 0 Å². The van der Waals surface area contributed by atoms with Gasteiger partial charge in [0.05, 0.1) is 22.3 Å². The van der Waals surface area contributed by atoms with Crippen molar-refractivity contribution in [1.29, 1.82) is 0 Å². The van der Waals surface area contributed by atoms with Crippen LogP contribution in [0.5, 0.6) is 0 Å². The van der Waals surface area contributed by atoms with Crippen LogP contribution >= 0.6 is 0 Å². The van der Waals surface area contributed by atoms with Crippen molar-refractivity contribution >= 4 is 38.7 Å². The number of rotatable bonds is 8. The number of hydrogen-bond donors (Lipinski definition) is 0. The van der Waals surface area contributed by atoms with Crippen LogP contribution in [0.4, 0.5) is 17.1 Å². The first-order valence-electron chi connectivity index (χ1n) is 21.8. The fraction of sp³-hybridized carbons (Fsp3) is 0.0164. The van der Waals surface area contributed by atoms with E-state index in [0.29, 0.717) is 0 Å². The number of hydrogen-bond acceptors (Lipinski definition) is 1. The van der Waals surface area contributed by atoms with Crippen molar-refractivity contribution in [1.82, 2.24) is 4.57 Å². The molecule has 0 N–H and O–H groups in total. The van der Waals surface area contributed by atoms with Crippen molar-refractivity contribution in [3.8, 4) is 39.2 Å². The van der Waals surface area contributed by atoms with Crippen LogP contribution < -0.4 is 4.90 Å². The number of anilines is 3. The Kier molecular flexibility index (Phi) is 8.76. The van der Waals surface area contributed by atoms with Crippen LogP contribution in [-0.4, -0.2) is 4.57 Å². The molecule has 1 heterocycles. The largest absolute Gasteiger partial charge is 0.310 e. The minimum Gasteiger partial charge on any atom is -0.310 e. The Hall–Kier alpha value is -8.20. The fourth-order valence-electron chi connectivity index (χ4n) is 10.3. The molecule has 0 saturated carbocycles. The van der Waals surface area contributed by atoms with Gasteiger partial charge in [-0.1, -0.05) is 200 Å². The second-order valence-electron chi connectivity index (χ2n) is 16.5. The zero-order chi connectivity index (χ0) is 41.7. The van der Waals surface area contributed by atoms with E-state index in [0.717, 1.165) is 22.7 Å². The van der Waals surface area contributed by atoms with Crippen LogP contribution in [0.2, 0.25) is 0 Å². The third-order valence-electron chi connectivity index (χ3n) is 13.1. The summed E-state index contributed by atoms with van der Waals surface area (Å²) >= 11 is 0. The van der Waals surface area contributed by atoms with E-state index in [1.54, 1.807) is 0 Å². The summed E-state index contributed by atoms with van der Waals surface area (Å²) in [6, 6.07) is 93.5. The fourth-order valence-corrected chi connectivity index (χ4v) is 10.3. The highest BCUT2D eigenvalue weighted by molar-refractivity contribution is 6.00. The lowest BCUT2D eigenvalue weighted by Crippen LogP contribution is -2.29. The van der Waals surface area contributed by atoms with Gasteiger partial charge >= 0.3 is 0 Å². The van der Waals surface area contributed by atoms with Gasteiger partial charge in [0.2, 0.25) is 0 Å². The van der Waals surface area contributed by atoms with Crippen molar-refractivity contribution in [2.75, 3.05) is 4.90 Å². The SMILES string of the molecule is c1ccc(-c2ccc(N(c3ccc4c(c3)C(c3ccccc3)(c3ccccc3)c3cc(-n5c(-c6ccccc6)cc6ccccc65)ccc3-4)c3cccc4ccccc34)cc2)cc1. The molecule has 1 aliphatic rings. The lowest BCUT2D eigenvalue weighted by atomic mass is 9.67. The first-order chi connectivity index (χ1) is 31.3. The molecular weight excluding hydrogens is 761 g/mol. The second-order valence-corrected chi connectivity index (χ2v) is 16.5. The first-order valence-corrected chi connectivity index (χ1v) is 21.8. The van der Waals surface area contributed by atoms with Crippen molar-refractivity contribution in [2.45, 2.75) is 5.41 Å². The number of para-hydroxylation sites is 1. The lowest BCUT2D eigenvalue weighted by Gasteiger charge is -2.35. The van der Waals surface area contributed by atoms with E-state index < -0.39 is 5.41 Å². The molecule has 0 aliphatic heterocycles. The topological polar surface area (TPSA) is 8.17 Å². The van der Waals surface area contributed by atoms with E-state index in [2.05, 4.69) is 264 Å². The average molecular weight is 803 g/mol. The third-order valence-corrected chi connectivity index (χ3v) is 13.1. The Balaban J connectivity index is 1.12. The Morgan fingerprint density at radius 1 is 0.349 bits per heavy atom. The average Bonchev–Trinajstić information content (AvgIpc) is 3.89. The van der Waals surface area contributed by atoms with Gasteiger partial charge in [0, 0.05) is 27.8 Å². The van der Waals surface area contributed by atoms with Crippen LogP contribution in [0.15, 0.2) is 255 Å². The van der Waals surface area contributed by atoms with E-state index in [9.17, 15) is 0 Å². The maximum Gasteiger partial charge on any atom is 0.0715 e. The summed E-state index contributed by atoms with van der Waals surface area (Å²) in [6.45, 7) is 0. The van der Waals surface area contributed by atoms with E-state index >= 15 is 0 Å². The Morgan fingerprint density at radius 2 is 0.873 bits per heavy atom. The van der Waals surface area contributed by atoms with Crippen LogP contribution in [0.3, 0.4) is 0 Å². The van der Waals surface area contributed by atoms with Gasteiger partial charge < -0.3 is 9.47 Å². The minimum atomic E-state index is -0.628. The van der Waals surface area contributed by atoms with Gasteiger partial charge in [-0.2, -0.15) is 0 Å². The van der Waals surface area contributed by atoms with Crippen LogP contribution in [0, 0.1) is 0 Å². The van der Waals surface area contributed by atoms with E-state index in [-0.39, 0.29) is 0 Å². The van der Waals surface area contributed by atoms with Crippen LogP contribution in [-0.2, 0) is 5.41 Å². The van der Waals surface area contributed by atoms with Crippen molar-refractivity contribution < 1.29 is 0 Å². The summed E-state index contributed by atoms with van der Waals surface area (Å²) in [5.41, 5.74) is 17.3. The quantitative estimate of drug-likeness (QED) is 0.149. The van der Waals surface area contributed by atoms with Gasteiger partial charge in [-0.05, 0) is 110 Å². The molecule has 0 atom stereocenters. The zero-order valence-electron chi connectivity index (χ0n) is 34.6. The molecule has 296 valence electrons.